The molecule has 4 nitrogen and oxygen atoms in total. The molecule has 0 bridgehead atoms. The normalized spacial score (nSPS) is 14.4. The molecule has 0 spiro atoms. The van der Waals surface area contributed by atoms with Gasteiger partial charge in [-0.1, -0.05) is 34.7 Å². The molecule has 0 aliphatic carbocycles. The molecule has 0 fully saturated rings. The molecule has 0 aromatic carbocycles. The van der Waals surface area contributed by atoms with Crippen LogP contribution in [0, 0.1) is 0 Å². The van der Waals surface area contributed by atoms with E-state index in [4.69, 9.17) is 4.74 Å². The standard InChI is InChI=1S/C13H20INO3/c1-5-10(6-8-14)11(7-9-16)15-12(17)18-13(2,3)4/h5-6,8-9,11H,7H2,1-4H3,(H,15,17)/b8-6-,10-5+/t11-/m0/s1. The number of halogens is 1. The van der Waals surface area contributed by atoms with Crippen LogP contribution >= 0.6 is 22.6 Å². The lowest BCUT2D eigenvalue weighted by molar-refractivity contribution is -0.108. The van der Waals surface area contributed by atoms with E-state index in [0.717, 1.165) is 11.9 Å². The summed E-state index contributed by atoms with van der Waals surface area (Å²) in [5.74, 6) is 0. The molecule has 1 atom stereocenters. The van der Waals surface area contributed by atoms with E-state index in [1.807, 2.05) is 23.2 Å². The summed E-state index contributed by atoms with van der Waals surface area (Å²) in [4.78, 5) is 22.3. The topological polar surface area (TPSA) is 55.4 Å². The van der Waals surface area contributed by atoms with Gasteiger partial charge < -0.3 is 14.8 Å². The van der Waals surface area contributed by atoms with Crippen molar-refractivity contribution in [1.82, 2.24) is 5.32 Å². The van der Waals surface area contributed by atoms with Gasteiger partial charge in [-0.2, -0.15) is 0 Å². The molecule has 0 aliphatic rings. The summed E-state index contributed by atoms with van der Waals surface area (Å²) in [7, 11) is 0. The van der Waals surface area contributed by atoms with E-state index in [-0.39, 0.29) is 12.5 Å². The first kappa shape index (κ1) is 17.2. The van der Waals surface area contributed by atoms with Crippen LogP contribution in [0.1, 0.15) is 34.1 Å². The van der Waals surface area contributed by atoms with Crippen molar-refractivity contribution in [3.05, 3.63) is 21.8 Å². The van der Waals surface area contributed by atoms with Gasteiger partial charge >= 0.3 is 6.09 Å². The van der Waals surface area contributed by atoms with Crippen molar-refractivity contribution in [2.24, 2.45) is 0 Å². The molecule has 0 saturated carbocycles. The largest absolute Gasteiger partial charge is 0.444 e. The number of alkyl carbamates (subject to hydrolysis) is 1. The number of hydrogen-bond donors (Lipinski definition) is 1. The van der Waals surface area contributed by atoms with Crippen LogP contribution in [0.15, 0.2) is 21.8 Å². The van der Waals surface area contributed by atoms with Crippen LogP contribution in [-0.4, -0.2) is 24.0 Å². The molecule has 0 unspecified atom stereocenters. The molecule has 0 saturated heterocycles. The predicted octanol–water partition coefficient (Wildman–Crippen LogP) is 3.36. The van der Waals surface area contributed by atoms with Crippen LogP contribution in [0.2, 0.25) is 0 Å². The summed E-state index contributed by atoms with van der Waals surface area (Å²) in [5, 5.41) is 2.70. The van der Waals surface area contributed by atoms with Crippen molar-refractivity contribution < 1.29 is 14.3 Å². The van der Waals surface area contributed by atoms with Crippen molar-refractivity contribution in [3.8, 4) is 0 Å². The number of nitrogens with one attached hydrogen (secondary N) is 1. The van der Waals surface area contributed by atoms with E-state index in [2.05, 4.69) is 27.9 Å². The average Bonchev–Trinajstić information content (AvgIpc) is 2.22. The minimum absolute atomic E-state index is 0.222. The smallest absolute Gasteiger partial charge is 0.408 e. The van der Waals surface area contributed by atoms with E-state index >= 15 is 0 Å². The third-order valence-corrected chi connectivity index (χ3v) is 2.37. The summed E-state index contributed by atoms with van der Waals surface area (Å²) in [6.45, 7) is 7.24. The van der Waals surface area contributed by atoms with Gasteiger partial charge in [0.2, 0.25) is 0 Å². The minimum atomic E-state index is -0.551. The minimum Gasteiger partial charge on any atom is -0.444 e. The van der Waals surface area contributed by atoms with Crippen molar-refractivity contribution in [1.29, 1.82) is 0 Å². The monoisotopic (exact) mass is 365 g/mol. The van der Waals surface area contributed by atoms with Crippen LogP contribution in [0.3, 0.4) is 0 Å². The number of amides is 1. The second-order valence-corrected chi connectivity index (χ2v) is 5.40. The molecule has 18 heavy (non-hydrogen) atoms. The number of allylic oxidation sites excluding steroid dienone is 1. The maximum Gasteiger partial charge on any atom is 0.408 e. The number of hydrogen-bond acceptors (Lipinski definition) is 3. The van der Waals surface area contributed by atoms with Gasteiger partial charge in [-0.15, -0.1) is 0 Å². The van der Waals surface area contributed by atoms with Gasteiger partial charge in [-0.05, 0) is 37.4 Å². The number of carbonyl (C=O) groups is 2. The van der Waals surface area contributed by atoms with E-state index in [9.17, 15) is 9.59 Å². The molecule has 0 aliphatic heterocycles. The van der Waals surface area contributed by atoms with Crippen LogP contribution in [0.4, 0.5) is 4.79 Å². The SMILES string of the molecule is C/C=C(\C=C/I)[C@H](CC=O)NC(=O)OC(C)(C)C. The van der Waals surface area contributed by atoms with Gasteiger partial charge in [-0.25, -0.2) is 4.79 Å². The summed E-state index contributed by atoms with van der Waals surface area (Å²) >= 11 is 2.09. The van der Waals surface area contributed by atoms with E-state index < -0.39 is 11.7 Å². The third-order valence-electron chi connectivity index (χ3n) is 2.01. The van der Waals surface area contributed by atoms with E-state index in [1.165, 1.54) is 0 Å². The molecular formula is C13H20INO3. The Balaban J connectivity index is 4.72. The number of ether oxygens (including phenoxy) is 1. The Morgan fingerprint density at radius 3 is 2.44 bits per heavy atom. The van der Waals surface area contributed by atoms with Crippen molar-refractivity contribution in [3.63, 3.8) is 0 Å². The summed E-state index contributed by atoms with van der Waals surface area (Å²) < 4.78 is 7.00. The summed E-state index contributed by atoms with van der Waals surface area (Å²) in [6.07, 6.45) is 4.20. The Morgan fingerprint density at radius 2 is 2.06 bits per heavy atom. The van der Waals surface area contributed by atoms with Gasteiger partial charge in [0.15, 0.2) is 0 Å². The van der Waals surface area contributed by atoms with Crippen molar-refractivity contribution >= 4 is 35.0 Å². The Labute approximate surface area is 122 Å². The Hall–Kier alpha value is -0.850. The average molecular weight is 365 g/mol. The first-order valence-corrected chi connectivity index (χ1v) is 6.94. The number of rotatable bonds is 5. The molecule has 0 rings (SSSR count). The highest BCUT2D eigenvalue weighted by atomic mass is 127. The fraction of sp³-hybridized carbons (Fsp3) is 0.538. The number of carbonyl (C=O) groups excluding carboxylic acids is 2. The van der Waals surface area contributed by atoms with Crippen molar-refractivity contribution in [2.75, 3.05) is 0 Å². The lowest BCUT2D eigenvalue weighted by atomic mass is 10.0. The van der Waals surface area contributed by atoms with Gasteiger partial charge in [-0.3, -0.25) is 0 Å². The van der Waals surface area contributed by atoms with Crippen LogP contribution in [0.5, 0.6) is 0 Å². The van der Waals surface area contributed by atoms with Gasteiger partial charge in [0.1, 0.15) is 11.9 Å². The third kappa shape index (κ3) is 7.47. The van der Waals surface area contributed by atoms with Crippen molar-refractivity contribution in [2.45, 2.75) is 45.8 Å². The summed E-state index contributed by atoms with van der Waals surface area (Å²) in [6, 6.07) is -0.353. The van der Waals surface area contributed by atoms with E-state index in [0.29, 0.717) is 0 Å². The van der Waals surface area contributed by atoms with E-state index in [1.54, 1.807) is 20.8 Å². The first-order chi connectivity index (χ1) is 8.34. The Kier molecular flexibility index (Phi) is 7.90. The molecule has 0 radical (unpaired) electrons. The molecule has 0 aromatic rings. The predicted molar refractivity (Wildman–Crippen MR) is 80.8 cm³/mol. The fourth-order valence-corrected chi connectivity index (χ4v) is 1.73. The molecule has 102 valence electrons. The lowest BCUT2D eigenvalue weighted by Gasteiger charge is -2.23. The quantitative estimate of drug-likeness (QED) is 0.462. The Bertz CT molecular complexity index is 343. The van der Waals surface area contributed by atoms with Crippen LogP contribution in [-0.2, 0) is 9.53 Å². The van der Waals surface area contributed by atoms with Gasteiger partial charge in [0.05, 0.1) is 6.04 Å². The number of aldehydes is 1. The molecule has 0 aromatic heterocycles. The second kappa shape index (κ2) is 8.29. The van der Waals surface area contributed by atoms with Crippen LogP contribution in [0.25, 0.3) is 0 Å². The summed E-state index contributed by atoms with van der Waals surface area (Å²) in [5.41, 5.74) is 0.327. The molecule has 1 N–H and O–H groups in total. The highest BCUT2D eigenvalue weighted by molar-refractivity contribution is 14.1. The highest BCUT2D eigenvalue weighted by Crippen LogP contribution is 2.11. The molecule has 5 heteroatoms. The molecule has 0 heterocycles. The fourth-order valence-electron chi connectivity index (χ4n) is 1.31. The first-order valence-electron chi connectivity index (χ1n) is 5.70. The second-order valence-electron chi connectivity index (χ2n) is 4.68. The highest BCUT2D eigenvalue weighted by Gasteiger charge is 2.20. The molecular weight excluding hydrogens is 345 g/mol. The van der Waals surface area contributed by atoms with Crippen LogP contribution < -0.4 is 5.32 Å². The zero-order chi connectivity index (χ0) is 14.2. The van der Waals surface area contributed by atoms with Gasteiger partial charge in [0, 0.05) is 6.42 Å². The zero-order valence-corrected chi connectivity index (χ0v) is 13.4. The maximum absolute atomic E-state index is 11.7. The van der Waals surface area contributed by atoms with Gasteiger partial charge in [0.25, 0.3) is 0 Å². The Morgan fingerprint density at radius 1 is 1.44 bits per heavy atom. The lowest BCUT2D eigenvalue weighted by Crippen LogP contribution is -2.40. The maximum atomic E-state index is 11.7. The molecule has 1 amide bonds. The zero-order valence-electron chi connectivity index (χ0n) is 11.2.